The lowest BCUT2D eigenvalue weighted by Gasteiger charge is -1.96. The molecule has 0 aliphatic carbocycles. The topological polar surface area (TPSA) is 140 Å². The molecule has 0 heterocycles. The summed E-state index contributed by atoms with van der Waals surface area (Å²) in [7, 11) is 0. The molecule has 9 heteroatoms. The second kappa shape index (κ2) is 29.3. The highest BCUT2D eigenvalue weighted by molar-refractivity contribution is 5.97. The van der Waals surface area contributed by atoms with E-state index >= 15 is 0 Å². The Morgan fingerprint density at radius 3 is 1.23 bits per heavy atom. The minimum atomic E-state index is -0.560. The van der Waals surface area contributed by atoms with E-state index < -0.39 is 18.3 Å². The smallest absolute Gasteiger partial charge is 0.398 e. The van der Waals surface area contributed by atoms with Crippen LogP contribution in [0.5, 0.6) is 0 Å². The predicted molar refractivity (Wildman–Crippen MR) is 84.0 cm³/mol. The second-order valence-corrected chi connectivity index (χ2v) is 4.56. The lowest BCUT2D eigenvalue weighted by molar-refractivity contribution is -0.204. The van der Waals surface area contributed by atoms with Crippen LogP contribution in [-0.2, 0) is 8.83 Å². The van der Waals surface area contributed by atoms with E-state index in [9.17, 15) is 0 Å². The quantitative estimate of drug-likeness (QED) is 0.148. The van der Waals surface area contributed by atoms with E-state index in [-0.39, 0.29) is 19.8 Å². The van der Waals surface area contributed by atoms with Crippen molar-refractivity contribution in [3.8, 4) is 0 Å². The van der Waals surface area contributed by atoms with E-state index in [2.05, 4.69) is 15.8 Å². The average molecular weight is 344 g/mol. The number of aliphatic hydroxyl groups excluding tert-OH is 6. The summed E-state index contributed by atoms with van der Waals surface area (Å²) in [5.74, 6) is 0. The van der Waals surface area contributed by atoms with Gasteiger partial charge in [0, 0.05) is 0 Å². The van der Waals surface area contributed by atoms with E-state index in [0.717, 1.165) is 12.8 Å². The van der Waals surface area contributed by atoms with Gasteiger partial charge in [-0.05, 0) is 27.2 Å². The van der Waals surface area contributed by atoms with Gasteiger partial charge >= 0.3 is 16.6 Å². The summed E-state index contributed by atoms with van der Waals surface area (Å²) < 4.78 is 4.26. The van der Waals surface area contributed by atoms with Crippen molar-refractivity contribution in [3.05, 3.63) is 0 Å². The first-order valence-corrected chi connectivity index (χ1v) is 7.55. The predicted octanol–water partition coefficient (Wildman–Crippen LogP) is -1.10. The monoisotopic (exact) mass is 344 g/mol. The van der Waals surface area contributed by atoms with Crippen LogP contribution in [0.15, 0.2) is 0 Å². The Morgan fingerprint density at radius 2 is 1.09 bits per heavy atom. The maximum absolute atomic E-state index is 8.11. The molecule has 3 unspecified atom stereocenters. The Bertz CT molecular complexity index is 136. The number of hydrogen-bond donors (Lipinski definition) is 6. The lowest BCUT2D eigenvalue weighted by Crippen LogP contribution is -2.03. The van der Waals surface area contributed by atoms with Gasteiger partial charge in [0.2, 0.25) is 0 Å². The van der Waals surface area contributed by atoms with Gasteiger partial charge < -0.3 is 34.6 Å². The molecule has 0 aromatic carbocycles. The molecule has 3 atom stereocenters. The zero-order chi connectivity index (χ0) is 18.4. The van der Waals surface area contributed by atoms with E-state index in [0.29, 0.717) is 6.61 Å². The maximum atomic E-state index is 8.11. The van der Waals surface area contributed by atoms with Crippen LogP contribution in [0.1, 0.15) is 40.5 Å². The van der Waals surface area contributed by atoms with Gasteiger partial charge in [-0.3, -0.25) is 4.89 Å². The molecule has 0 amide bonds. The van der Waals surface area contributed by atoms with Crippen LogP contribution in [0, 0.1) is 0 Å². The highest BCUT2D eigenvalue weighted by Gasteiger charge is 1.84. The van der Waals surface area contributed by atoms with Crippen molar-refractivity contribution >= 4 is 16.6 Å². The average Bonchev–Trinajstić information content (AvgIpc) is 2.49. The van der Waals surface area contributed by atoms with Gasteiger partial charge in [-0.25, -0.2) is 0 Å². The fourth-order valence-electron chi connectivity index (χ4n) is 0.251. The molecule has 0 rings (SSSR count). The zero-order valence-electron chi connectivity index (χ0n) is 14.1. The van der Waals surface area contributed by atoms with Gasteiger partial charge in [-0.2, -0.15) is 0 Å². The molecule has 22 heavy (non-hydrogen) atoms. The fraction of sp³-hybridized carbons (Fsp3) is 1.00. The Morgan fingerprint density at radius 1 is 0.818 bits per heavy atom. The molecule has 0 bridgehead atoms. The van der Waals surface area contributed by atoms with Gasteiger partial charge in [0.15, 0.2) is 0 Å². The molecule has 0 spiro atoms. The summed E-state index contributed by atoms with van der Waals surface area (Å²) in [4.78, 5) is 4.54. The van der Waals surface area contributed by atoms with Crippen LogP contribution < -0.4 is 0 Å². The highest BCUT2D eigenvalue weighted by Crippen LogP contribution is 1.85. The minimum absolute atomic E-state index is 0.139. The van der Waals surface area contributed by atoms with Crippen molar-refractivity contribution in [2.45, 2.75) is 58.8 Å². The van der Waals surface area contributed by atoms with Crippen LogP contribution in [-0.4, -0.2) is 92.0 Å². The number of hydrogen-bond acceptors (Lipinski definition) is 8. The van der Waals surface area contributed by atoms with E-state index in [4.69, 9.17) is 30.6 Å². The standard InChI is InChI=1S/C4H10O2.3C3H8O2.Al/c1-2-3-4-6-5;3*1-3(5)2-4;/h5H,2-4H2,1H3;3*3-5H,2H2,1H3;/q;;;;+1/p-1. The molecule has 0 saturated carbocycles. The van der Waals surface area contributed by atoms with Crippen molar-refractivity contribution in [2.24, 2.45) is 0 Å². The largest absolute Gasteiger partial charge is 0.436 e. The van der Waals surface area contributed by atoms with Crippen LogP contribution in [0.4, 0.5) is 0 Å². The molecular formula is C13H33AlO8. The Labute approximate surface area is 142 Å². The molecule has 0 saturated heterocycles. The van der Waals surface area contributed by atoms with Crippen LogP contribution in [0.25, 0.3) is 0 Å². The summed E-state index contributed by atoms with van der Waals surface area (Å²) in [6, 6.07) is 0. The molecule has 6 N–H and O–H groups in total. The normalized spacial score (nSPS) is 13.2. The molecule has 0 aliphatic rings. The SMILES string of the molecule is CC(O)CO.CC(O)CO.CC(O)CO.CCCCO[O][Al]. The summed E-state index contributed by atoms with van der Waals surface area (Å²) in [6.45, 7) is 6.96. The molecule has 0 aromatic heterocycles. The first-order chi connectivity index (χ1) is 10.2. The maximum Gasteiger partial charge on any atom is 0.436 e. The van der Waals surface area contributed by atoms with Gasteiger partial charge in [0.05, 0.1) is 44.7 Å². The Balaban J connectivity index is -0.0000000995. The van der Waals surface area contributed by atoms with Crippen LogP contribution in [0.3, 0.4) is 0 Å². The molecule has 8 nitrogen and oxygen atoms in total. The third-order valence-electron chi connectivity index (χ3n) is 1.44. The molecule has 0 aliphatic heterocycles. The van der Waals surface area contributed by atoms with Gasteiger partial charge in [0.25, 0.3) is 0 Å². The number of unbranched alkanes of at least 4 members (excludes halogenated alkanes) is 1. The highest BCUT2D eigenvalue weighted by atomic mass is 27.1. The number of rotatable bonds is 7. The summed E-state index contributed by atoms with van der Waals surface area (Å²) in [5.41, 5.74) is 0. The van der Waals surface area contributed by atoms with Crippen molar-refractivity contribution in [1.82, 2.24) is 0 Å². The first kappa shape index (κ1) is 30.1. The van der Waals surface area contributed by atoms with Gasteiger partial charge in [0.1, 0.15) is 0 Å². The first-order valence-electron chi connectivity index (χ1n) is 7.08. The van der Waals surface area contributed by atoms with Crippen molar-refractivity contribution in [2.75, 3.05) is 26.4 Å². The van der Waals surface area contributed by atoms with Gasteiger partial charge in [-0.15, -0.1) is 0 Å². The molecule has 0 fully saturated rings. The second-order valence-electron chi connectivity index (χ2n) is 4.37. The lowest BCUT2D eigenvalue weighted by atomic mass is 10.4. The van der Waals surface area contributed by atoms with Crippen molar-refractivity contribution in [1.29, 1.82) is 0 Å². The summed E-state index contributed by atoms with van der Waals surface area (Å²) in [5, 5.41) is 48.0. The fourth-order valence-corrected chi connectivity index (χ4v) is 0.348. The van der Waals surface area contributed by atoms with E-state index in [1.54, 1.807) is 0 Å². The van der Waals surface area contributed by atoms with E-state index in [1.165, 1.54) is 20.8 Å². The molecule has 0 aromatic rings. The van der Waals surface area contributed by atoms with Crippen LogP contribution >= 0.6 is 0 Å². The van der Waals surface area contributed by atoms with Crippen molar-refractivity contribution < 1.29 is 39.5 Å². The van der Waals surface area contributed by atoms with Crippen molar-refractivity contribution in [3.63, 3.8) is 0 Å². The Hall–Kier alpha value is 0.212. The molecule has 2 radical (unpaired) electrons. The third kappa shape index (κ3) is 71.5. The molecular weight excluding hydrogens is 311 g/mol. The Kier molecular flexibility index (Phi) is 40.1. The minimum Gasteiger partial charge on any atom is -0.398 e. The summed E-state index contributed by atoms with van der Waals surface area (Å²) in [6.07, 6.45) is 0.530. The number of aliphatic hydroxyl groups is 6. The third-order valence-corrected chi connectivity index (χ3v) is 1.58. The van der Waals surface area contributed by atoms with Crippen LogP contribution in [0.2, 0.25) is 0 Å². The molecule has 136 valence electrons. The zero-order valence-corrected chi connectivity index (χ0v) is 15.2. The van der Waals surface area contributed by atoms with E-state index in [1.807, 2.05) is 16.6 Å². The summed E-state index contributed by atoms with van der Waals surface area (Å²) >= 11 is 2.03. The van der Waals surface area contributed by atoms with Gasteiger partial charge in [-0.1, -0.05) is 13.3 Å².